The molecule has 13 nitrogen and oxygen atoms in total. The fourth-order valence-corrected chi connectivity index (χ4v) is 11.0. The van der Waals surface area contributed by atoms with Crippen LogP contribution in [0, 0.1) is 15.5 Å². The van der Waals surface area contributed by atoms with E-state index < -0.39 is 37.4 Å². The van der Waals surface area contributed by atoms with E-state index in [9.17, 15) is 28.1 Å². The van der Waals surface area contributed by atoms with Crippen LogP contribution in [-0.2, 0) is 14.8 Å². The third kappa shape index (κ3) is 11.5. The molecule has 1 atom stereocenters. The molecule has 4 aromatic rings. The number of anilines is 2. The topological polar surface area (TPSA) is 154 Å². The summed E-state index contributed by atoms with van der Waals surface area (Å²) in [5, 5.41) is 16.5. The molecule has 0 saturated carbocycles. The van der Waals surface area contributed by atoms with Crippen LogP contribution < -0.4 is 14.9 Å². The number of rotatable bonds is 13. The first-order valence-electron chi connectivity index (χ1n) is 22.0. The minimum atomic E-state index is -4.69. The zero-order valence-electron chi connectivity index (χ0n) is 36.7. The Bertz CT molecular complexity index is 2440. The second-order valence-corrected chi connectivity index (χ2v) is 20.2. The lowest BCUT2D eigenvalue weighted by atomic mass is 9.67. The summed E-state index contributed by atoms with van der Waals surface area (Å²) in [6.45, 7) is 9.86. The van der Waals surface area contributed by atoms with Crippen LogP contribution in [0.25, 0.3) is 5.57 Å². The number of nitro groups is 1. The van der Waals surface area contributed by atoms with Gasteiger partial charge in [-0.25, -0.2) is 17.9 Å². The Kier molecular flexibility index (Phi) is 15.4. The highest BCUT2D eigenvalue weighted by Gasteiger charge is 2.35. The van der Waals surface area contributed by atoms with Crippen LogP contribution in [0.2, 0.25) is 5.02 Å². The summed E-state index contributed by atoms with van der Waals surface area (Å²) in [6.07, 6.45) is 6.25. The molecule has 2 aliphatic heterocycles. The van der Waals surface area contributed by atoms with Gasteiger partial charge in [-0.15, -0.1) is 11.8 Å². The molecule has 340 valence electrons. The fourth-order valence-electron chi connectivity index (χ4n) is 8.83. The normalized spacial score (nSPS) is 18.9. The fraction of sp³-hybridized carbons (Fsp3) is 0.417. The first-order valence-corrected chi connectivity index (χ1v) is 24.8. The smallest absolute Gasteiger partial charge is 0.340 e. The largest absolute Gasteiger partial charge is 0.461 e. The lowest BCUT2D eigenvalue weighted by Gasteiger charge is -2.41. The predicted molar refractivity (Wildman–Crippen MR) is 255 cm³/mol. The molecule has 1 amide bonds. The van der Waals surface area contributed by atoms with E-state index in [2.05, 4.69) is 45.8 Å². The number of halogens is 1. The van der Waals surface area contributed by atoms with Gasteiger partial charge in [0, 0.05) is 78.3 Å². The number of allylic oxidation sites excluding steroid dienone is 1. The molecule has 2 N–H and O–H groups in total. The molecule has 1 aliphatic carbocycles. The molecule has 0 spiro atoms. The number of likely N-dealkylation sites (N-methyl/N-ethyl adjacent to an activating group) is 1. The number of nitrogens with zero attached hydrogens (tertiary/aromatic N) is 4. The number of amides is 1. The summed E-state index contributed by atoms with van der Waals surface area (Å²) in [4.78, 5) is 46.0. The summed E-state index contributed by atoms with van der Waals surface area (Å²) in [6, 6.07) is 26.3. The van der Waals surface area contributed by atoms with E-state index in [4.69, 9.17) is 16.3 Å². The van der Waals surface area contributed by atoms with E-state index in [1.54, 1.807) is 36.0 Å². The highest BCUT2D eigenvalue weighted by atomic mass is 35.5. The summed E-state index contributed by atoms with van der Waals surface area (Å²) < 4.78 is 35.1. The zero-order chi connectivity index (χ0) is 45.4. The number of benzene rings is 4. The summed E-state index contributed by atoms with van der Waals surface area (Å²) in [7, 11) is -2.80. The number of cyclic esters (lactones) is 1. The van der Waals surface area contributed by atoms with Crippen molar-refractivity contribution in [2.24, 2.45) is 5.41 Å². The maximum atomic E-state index is 13.8. The predicted octanol–water partition coefficient (Wildman–Crippen LogP) is 9.00. The summed E-state index contributed by atoms with van der Waals surface area (Å²) in [5.74, 6) is -1.32. The number of hydrogen-bond acceptors (Lipinski definition) is 12. The van der Waals surface area contributed by atoms with Crippen molar-refractivity contribution in [3.63, 3.8) is 0 Å². The van der Waals surface area contributed by atoms with E-state index in [-0.39, 0.29) is 29.5 Å². The third-order valence-electron chi connectivity index (χ3n) is 13.1. The van der Waals surface area contributed by atoms with Crippen molar-refractivity contribution in [2.45, 2.75) is 68.2 Å². The average molecular weight is 930 g/mol. The molecule has 1 fully saturated rings. The molecule has 1 saturated heterocycles. The quantitative estimate of drug-likeness (QED) is 0.0569. The Balaban J connectivity index is 1.03. The van der Waals surface area contributed by atoms with Gasteiger partial charge in [-0.05, 0) is 110 Å². The van der Waals surface area contributed by atoms with Gasteiger partial charge in [0.05, 0.1) is 15.4 Å². The Morgan fingerprint density at radius 1 is 0.969 bits per heavy atom. The summed E-state index contributed by atoms with van der Waals surface area (Å²) in [5.41, 5.74) is 4.47. The number of sulfonamides is 1. The first kappa shape index (κ1) is 47.0. The van der Waals surface area contributed by atoms with E-state index in [0.29, 0.717) is 30.7 Å². The molecule has 0 unspecified atom stereocenters. The lowest BCUT2D eigenvalue weighted by molar-refractivity contribution is -0.384. The lowest BCUT2D eigenvalue weighted by Crippen LogP contribution is -2.47. The van der Waals surface area contributed by atoms with Gasteiger partial charge in [-0.3, -0.25) is 19.8 Å². The highest BCUT2D eigenvalue weighted by molar-refractivity contribution is 7.99. The maximum absolute atomic E-state index is 13.8. The van der Waals surface area contributed by atoms with Gasteiger partial charge >= 0.3 is 5.97 Å². The number of thioether (sulfide) groups is 1. The van der Waals surface area contributed by atoms with Crippen molar-refractivity contribution in [1.82, 2.24) is 14.5 Å². The van der Waals surface area contributed by atoms with Crippen molar-refractivity contribution in [3.8, 4) is 0 Å². The minimum absolute atomic E-state index is 0.00555. The average Bonchev–Trinajstić information content (AvgIpc) is 3.33. The second-order valence-electron chi connectivity index (χ2n) is 17.0. The molecule has 7 rings (SSSR count). The molecule has 16 heteroatoms. The first-order chi connectivity index (χ1) is 30.8. The van der Waals surface area contributed by atoms with Crippen molar-refractivity contribution >= 4 is 67.9 Å². The minimum Gasteiger partial charge on any atom is -0.461 e. The van der Waals surface area contributed by atoms with Gasteiger partial charge in [-0.1, -0.05) is 74.2 Å². The van der Waals surface area contributed by atoms with Crippen molar-refractivity contribution in [1.29, 1.82) is 0 Å². The second kappa shape index (κ2) is 20.9. The standard InChI is InChI=1S/C48H57ClN6O7S2/c1-4-48(5-2)21-19-36(43(31-48)34-11-15-37(49)16-12-34)32-53-23-25-54(26-24-53)39-17-13-35(14-18-39)46(56)51-64(60,61)41-29-42-45(44(30-41)55(58)59)50-38(33-63-40-9-7-6-8-10-40)20-22-52(3)27-28-62-47(42)57/h6-18,29-30,38,50H,4-5,19-28,31-33H2,1-3H3,(H,51,56)/t38-/m1/s1. The molecule has 4 aromatic carbocycles. The zero-order valence-corrected chi connectivity index (χ0v) is 39.1. The monoisotopic (exact) mass is 928 g/mol. The van der Waals surface area contributed by atoms with E-state index >= 15 is 0 Å². The molecular weight excluding hydrogens is 872 g/mol. The third-order valence-corrected chi connectivity index (χ3v) is 15.8. The maximum Gasteiger partial charge on any atom is 0.340 e. The van der Waals surface area contributed by atoms with Crippen LogP contribution in [0.1, 0.15) is 78.7 Å². The number of esters is 1. The SMILES string of the molecule is CCC1(CC)CCC(CN2CCN(c3ccc(C(=O)NS(=O)(=O)c4cc5c(c([N+](=O)[O-])c4)N[C@@H](CSc4ccccc4)CCN(C)CCOC5=O)cc3)CC2)=C(c2ccc(Cl)cc2)C1. The molecule has 64 heavy (non-hydrogen) atoms. The number of hydrogen-bond donors (Lipinski definition) is 2. The van der Waals surface area contributed by atoms with Crippen LogP contribution in [0.3, 0.4) is 0 Å². The molecule has 2 heterocycles. The molecule has 0 aromatic heterocycles. The molecule has 0 radical (unpaired) electrons. The van der Waals surface area contributed by atoms with Gasteiger partial charge in [0.1, 0.15) is 12.3 Å². The Morgan fingerprint density at radius 3 is 2.34 bits per heavy atom. The Hall–Kier alpha value is -4.93. The van der Waals surface area contributed by atoms with Crippen LogP contribution in [0.4, 0.5) is 17.1 Å². The van der Waals surface area contributed by atoms with Gasteiger partial charge < -0.3 is 19.9 Å². The number of carbonyl (C=O) groups is 2. The van der Waals surface area contributed by atoms with Crippen LogP contribution in [0.15, 0.2) is 106 Å². The van der Waals surface area contributed by atoms with Crippen LogP contribution >= 0.6 is 23.4 Å². The molecule has 3 aliphatic rings. The van der Waals surface area contributed by atoms with E-state index in [1.165, 1.54) is 23.1 Å². The Morgan fingerprint density at radius 2 is 1.67 bits per heavy atom. The van der Waals surface area contributed by atoms with Crippen LogP contribution in [-0.4, -0.2) is 106 Å². The number of ether oxygens (including phenoxy) is 1. The number of carbonyl (C=O) groups excluding carboxylic acids is 2. The molecular formula is C48H57ClN6O7S2. The van der Waals surface area contributed by atoms with Gasteiger partial charge in [0.25, 0.3) is 21.6 Å². The van der Waals surface area contributed by atoms with Crippen LogP contribution in [0.5, 0.6) is 0 Å². The number of nitro benzene ring substituents is 1. The van der Waals surface area contributed by atoms with Crippen molar-refractivity contribution in [2.75, 3.05) is 75.4 Å². The van der Waals surface area contributed by atoms with Gasteiger partial charge in [0.2, 0.25) is 0 Å². The van der Waals surface area contributed by atoms with Gasteiger partial charge in [0.15, 0.2) is 0 Å². The van der Waals surface area contributed by atoms with E-state index in [1.807, 2.05) is 54.4 Å². The number of fused-ring (bicyclic) bond motifs is 1. The Labute approximate surface area is 385 Å². The highest BCUT2D eigenvalue weighted by Crippen LogP contribution is 2.48. The van der Waals surface area contributed by atoms with E-state index in [0.717, 1.165) is 86.1 Å². The van der Waals surface area contributed by atoms with Gasteiger partial charge in [-0.2, -0.15) is 0 Å². The van der Waals surface area contributed by atoms with Crippen molar-refractivity contribution < 1.29 is 27.7 Å². The molecule has 0 bridgehead atoms. The van der Waals surface area contributed by atoms with Crippen molar-refractivity contribution in [3.05, 3.63) is 128 Å². The number of piperazine rings is 1. The summed E-state index contributed by atoms with van der Waals surface area (Å²) >= 11 is 7.82. The number of nitrogens with one attached hydrogen (secondary N) is 2.